The number of rotatable bonds is 2. The summed E-state index contributed by atoms with van der Waals surface area (Å²) >= 11 is 1.61. The van der Waals surface area contributed by atoms with Crippen molar-refractivity contribution in [2.75, 3.05) is 0 Å². The Hall–Kier alpha value is -3.25. The highest BCUT2D eigenvalue weighted by Crippen LogP contribution is 2.34. The van der Waals surface area contributed by atoms with Crippen LogP contribution in [0.2, 0.25) is 0 Å². The minimum absolute atomic E-state index is 0.219. The molecule has 5 rings (SSSR count). The SMILES string of the molecule is Oc1cccc(-c2nc3c(-c4nc5ccncc5s4)cccc3[nH]2)c1. The van der Waals surface area contributed by atoms with Crippen molar-refractivity contribution in [2.24, 2.45) is 0 Å². The normalized spacial score (nSPS) is 11.4. The quantitative estimate of drug-likeness (QED) is 0.490. The number of hydrogen-bond acceptors (Lipinski definition) is 5. The number of aromatic hydroxyl groups is 1. The molecule has 6 heteroatoms. The number of nitrogens with one attached hydrogen (secondary N) is 1. The standard InChI is InChI=1S/C19H12N4OS/c24-12-4-1-3-11(9-12)18-21-15-6-2-5-13(17(15)23-18)19-22-14-7-8-20-10-16(14)25-19/h1-10,24H,(H,21,23). The molecule has 0 unspecified atom stereocenters. The van der Waals surface area contributed by atoms with E-state index < -0.39 is 0 Å². The number of H-pyrrole nitrogens is 1. The minimum atomic E-state index is 0.219. The van der Waals surface area contributed by atoms with Gasteiger partial charge >= 0.3 is 0 Å². The minimum Gasteiger partial charge on any atom is -0.508 e. The largest absolute Gasteiger partial charge is 0.508 e. The van der Waals surface area contributed by atoms with Crippen LogP contribution in [-0.4, -0.2) is 25.0 Å². The van der Waals surface area contributed by atoms with E-state index in [0.717, 1.165) is 43.2 Å². The maximum absolute atomic E-state index is 9.71. The summed E-state index contributed by atoms with van der Waals surface area (Å²) in [4.78, 5) is 17.0. The third-order valence-corrected chi connectivity index (χ3v) is 5.09. The van der Waals surface area contributed by atoms with Gasteiger partial charge in [0.2, 0.25) is 0 Å². The fourth-order valence-electron chi connectivity index (χ4n) is 2.89. The van der Waals surface area contributed by atoms with Crippen LogP contribution in [0.5, 0.6) is 5.75 Å². The number of imidazole rings is 1. The highest BCUT2D eigenvalue weighted by Gasteiger charge is 2.14. The molecule has 5 aromatic rings. The Bertz CT molecular complexity index is 1190. The molecule has 3 aromatic heterocycles. The Morgan fingerprint density at radius 1 is 1.00 bits per heavy atom. The molecular formula is C19H12N4OS. The van der Waals surface area contributed by atoms with E-state index in [9.17, 15) is 5.11 Å². The number of pyridine rings is 1. The summed E-state index contributed by atoms with van der Waals surface area (Å²) in [6.07, 6.45) is 3.58. The van der Waals surface area contributed by atoms with Gasteiger partial charge in [-0.2, -0.15) is 0 Å². The molecule has 0 aliphatic carbocycles. The predicted molar refractivity (Wildman–Crippen MR) is 99.6 cm³/mol. The molecule has 2 N–H and O–H groups in total. The molecule has 0 radical (unpaired) electrons. The van der Waals surface area contributed by atoms with E-state index in [4.69, 9.17) is 9.97 Å². The van der Waals surface area contributed by atoms with E-state index in [1.807, 2.05) is 36.5 Å². The van der Waals surface area contributed by atoms with Crippen LogP contribution < -0.4 is 0 Å². The van der Waals surface area contributed by atoms with Crippen LogP contribution >= 0.6 is 11.3 Å². The molecule has 0 amide bonds. The number of benzene rings is 2. The molecule has 5 nitrogen and oxygen atoms in total. The monoisotopic (exact) mass is 344 g/mol. The predicted octanol–water partition coefficient (Wildman–Crippen LogP) is 4.61. The molecule has 0 atom stereocenters. The number of hydrogen-bond donors (Lipinski definition) is 2. The molecule has 0 bridgehead atoms. The number of aromatic nitrogens is 4. The van der Waals surface area contributed by atoms with Gasteiger partial charge in [-0.25, -0.2) is 9.97 Å². The van der Waals surface area contributed by atoms with Crippen LogP contribution in [-0.2, 0) is 0 Å². The Labute approximate surface area is 146 Å². The summed E-state index contributed by atoms with van der Waals surface area (Å²) < 4.78 is 1.05. The number of aromatic amines is 1. The van der Waals surface area contributed by atoms with Crippen molar-refractivity contribution in [3.8, 4) is 27.7 Å². The summed E-state index contributed by atoms with van der Waals surface area (Å²) in [6.45, 7) is 0. The number of fused-ring (bicyclic) bond motifs is 2. The first-order valence-electron chi connectivity index (χ1n) is 7.77. The Kier molecular flexibility index (Phi) is 3.05. The zero-order valence-corrected chi connectivity index (χ0v) is 13.8. The topological polar surface area (TPSA) is 74.7 Å². The van der Waals surface area contributed by atoms with Gasteiger partial charge in [-0.15, -0.1) is 11.3 Å². The molecular weight excluding hydrogens is 332 g/mol. The number of phenolic OH excluding ortho intramolecular Hbond substituents is 1. The Morgan fingerprint density at radius 2 is 1.92 bits per heavy atom. The molecule has 0 saturated heterocycles. The van der Waals surface area contributed by atoms with E-state index in [0.29, 0.717) is 0 Å². The molecule has 2 aromatic carbocycles. The summed E-state index contributed by atoms with van der Waals surface area (Å²) in [5.41, 5.74) is 4.58. The van der Waals surface area contributed by atoms with Crippen molar-refractivity contribution in [3.63, 3.8) is 0 Å². The van der Waals surface area contributed by atoms with Crippen molar-refractivity contribution < 1.29 is 5.11 Å². The smallest absolute Gasteiger partial charge is 0.138 e. The average molecular weight is 344 g/mol. The van der Waals surface area contributed by atoms with Gasteiger partial charge in [0.25, 0.3) is 0 Å². The maximum atomic E-state index is 9.71. The third kappa shape index (κ3) is 2.35. The Morgan fingerprint density at radius 3 is 2.80 bits per heavy atom. The number of nitrogens with zero attached hydrogens (tertiary/aromatic N) is 3. The van der Waals surface area contributed by atoms with E-state index >= 15 is 0 Å². The molecule has 0 aliphatic rings. The van der Waals surface area contributed by atoms with Gasteiger partial charge in [0.1, 0.15) is 16.6 Å². The maximum Gasteiger partial charge on any atom is 0.138 e. The van der Waals surface area contributed by atoms with Gasteiger partial charge in [0.05, 0.1) is 21.3 Å². The van der Waals surface area contributed by atoms with Crippen molar-refractivity contribution in [2.45, 2.75) is 0 Å². The molecule has 3 heterocycles. The van der Waals surface area contributed by atoms with Crippen molar-refractivity contribution in [1.82, 2.24) is 19.9 Å². The van der Waals surface area contributed by atoms with Gasteiger partial charge in [-0.1, -0.05) is 18.2 Å². The summed E-state index contributed by atoms with van der Waals surface area (Å²) in [6, 6.07) is 15.0. The summed E-state index contributed by atoms with van der Waals surface area (Å²) in [5.74, 6) is 0.943. The van der Waals surface area contributed by atoms with E-state index in [2.05, 4.69) is 9.97 Å². The van der Waals surface area contributed by atoms with Crippen LogP contribution in [0, 0.1) is 0 Å². The van der Waals surface area contributed by atoms with Crippen molar-refractivity contribution in [1.29, 1.82) is 0 Å². The highest BCUT2D eigenvalue weighted by molar-refractivity contribution is 7.21. The number of thiazole rings is 1. The molecule has 0 aliphatic heterocycles. The lowest BCUT2D eigenvalue weighted by Gasteiger charge is -1.97. The molecule has 0 saturated carbocycles. The van der Waals surface area contributed by atoms with Gasteiger partial charge in [0, 0.05) is 23.5 Å². The van der Waals surface area contributed by atoms with Crippen molar-refractivity contribution >= 4 is 32.6 Å². The third-order valence-electron chi connectivity index (χ3n) is 4.05. The van der Waals surface area contributed by atoms with Gasteiger partial charge in [0.15, 0.2) is 0 Å². The van der Waals surface area contributed by atoms with Gasteiger partial charge < -0.3 is 10.1 Å². The van der Waals surface area contributed by atoms with Crippen LogP contribution in [0.15, 0.2) is 60.9 Å². The second kappa shape index (κ2) is 5.39. The lowest BCUT2D eigenvalue weighted by atomic mass is 10.2. The zero-order valence-electron chi connectivity index (χ0n) is 13.0. The first-order chi connectivity index (χ1) is 12.3. The lowest BCUT2D eigenvalue weighted by Crippen LogP contribution is -1.80. The molecule has 0 spiro atoms. The average Bonchev–Trinajstić information content (AvgIpc) is 3.25. The number of para-hydroxylation sites is 1. The molecule has 0 fully saturated rings. The van der Waals surface area contributed by atoms with Crippen LogP contribution in [0.3, 0.4) is 0 Å². The molecule has 25 heavy (non-hydrogen) atoms. The van der Waals surface area contributed by atoms with Crippen LogP contribution in [0.1, 0.15) is 0 Å². The van der Waals surface area contributed by atoms with E-state index in [1.54, 1.807) is 35.7 Å². The van der Waals surface area contributed by atoms with Gasteiger partial charge in [-0.05, 0) is 30.3 Å². The second-order valence-corrected chi connectivity index (χ2v) is 6.73. The fourth-order valence-corrected chi connectivity index (χ4v) is 3.85. The Balaban J connectivity index is 1.71. The van der Waals surface area contributed by atoms with Crippen LogP contribution in [0.4, 0.5) is 0 Å². The first kappa shape index (κ1) is 14.1. The first-order valence-corrected chi connectivity index (χ1v) is 8.59. The second-order valence-electron chi connectivity index (χ2n) is 5.70. The fraction of sp³-hybridized carbons (Fsp3) is 0. The van der Waals surface area contributed by atoms with E-state index in [1.165, 1.54) is 0 Å². The zero-order chi connectivity index (χ0) is 16.8. The number of phenols is 1. The highest BCUT2D eigenvalue weighted by atomic mass is 32.1. The summed E-state index contributed by atoms with van der Waals surface area (Å²) in [7, 11) is 0. The van der Waals surface area contributed by atoms with Gasteiger partial charge in [-0.3, -0.25) is 4.98 Å². The molecule has 120 valence electrons. The van der Waals surface area contributed by atoms with E-state index in [-0.39, 0.29) is 5.75 Å². The van der Waals surface area contributed by atoms with Crippen molar-refractivity contribution in [3.05, 3.63) is 60.9 Å². The van der Waals surface area contributed by atoms with Crippen LogP contribution in [0.25, 0.3) is 43.2 Å². The lowest BCUT2D eigenvalue weighted by molar-refractivity contribution is 0.475. The summed E-state index contributed by atoms with van der Waals surface area (Å²) in [5, 5.41) is 10.6.